The average Bonchev–Trinajstić information content (AvgIpc) is 3.47. The molecule has 5 nitrogen and oxygen atoms in total. The van der Waals surface area contributed by atoms with Crippen LogP contribution in [0.4, 0.5) is 22.0 Å². The topological polar surface area (TPSA) is 63.6 Å². The molecule has 1 saturated carbocycles. The van der Waals surface area contributed by atoms with Crippen LogP contribution in [0.2, 0.25) is 0 Å². The van der Waals surface area contributed by atoms with Gasteiger partial charge in [0.15, 0.2) is 0 Å². The van der Waals surface area contributed by atoms with E-state index in [2.05, 4.69) is 11.1 Å². The van der Waals surface area contributed by atoms with Gasteiger partial charge in [0.25, 0.3) is 0 Å². The Balaban J connectivity index is 1.77. The molecule has 1 fully saturated rings. The van der Waals surface area contributed by atoms with Crippen molar-refractivity contribution in [2.24, 2.45) is 7.05 Å². The number of hydrogen-bond acceptors (Lipinski definition) is 3. The largest absolute Gasteiger partial charge is 0.427 e. The number of nitrogens with zero attached hydrogens (tertiary/aromatic N) is 4. The van der Waals surface area contributed by atoms with Crippen molar-refractivity contribution in [3.05, 3.63) is 46.0 Å². The first kappa shape index (κ1) is 21.9. The highest BCUT2D eigenvalue weighted by atomic mass is 31.0. The van der Waals surface area contributed by atoms with Gasteiger partial charge in [-0.3, -0.25) is 14.1 Å². The van der Waals surface area contributed by atoms with Crippen LogP contribution in [0.5, 0.6) is 0 Å². The zero-order valence-corrected chi connectivity index (χ0v) is 18.1. The van der Waals surface area contributed by atoms with E-state index in [0.29, 0.717) is 31.2 Å². The van der Waals surface area contributed by atoms with Gasteiger partial charge in [-0.05, 0) is 36.3 Å². The number of imidazole rings is 1. The summed E-state index contributed by atoms with van der Waals surface area (Å²) < 4.78 is 69.5. The number of rotatable bonds is 4. The van der Waals surface area contributed by atoms with Crippen LogP contribution >= 0.6 is 17.4 Å². The lowest BCUT2D eigenvalue weighted by atomic mass is 10.0. The molecule has 1 aliphatic rings. The zero-order chi connectivity index (χ0) is 22.8. The number of fused-ring (bicyclic) bond motifs is 1. The Labute approximate surface area is 176 Å². The van der Waals surface area contributed by atoms with Gasteiger partial charge in [0.1, 0.15) is 5.82 Å². The molecule has 0 radical (unpaired) electrons. The Morgan fingerprint density at radius 1 is 1.29 bits per heavy atom. The molecule has 162 valence electrons. The molecule has 31 heavy (non-hydrogen) atoms. The first-order valence-electron chi connectivity index (χ1n) is 9.08. The molecule has 0 spiro atoms. The molecule has 0 aliphatic heterocycles. The lowest BCUT2D eigenvalue weighted by molar-refractivity contribution is -0.199. The number of aromatic nitrogens is 3. The predicted molar refractivity (Wildman–Crippen MR) is 109 cm³/mol. The molecular formula is C19H15F5N4OP2. The molecule has 2 atom stereocenters. The predicted octanol–water partition coefficient (Wildman–Crippen LogP) is 4.78. The fourth-order valence-electron chi connectivity index (χ4n) is 3.38. The monoisotopic (exact) mass is 472 g/mol. The van der Waals surface area contributed by atoms with Crippen LogP contribution in [0.25, 0.3) is 22.0 Å². The third kappa shape index (κ3) is 3.54. The van der Waals surface area contributed by atoms with Gasteiger partial charge in [0.05, 0.1) is 46.2 Å². The van der Waals surface area contributed by atoms with E-state index < -0.39 is 35.1 Å². The third-order valence-corrected chi connectivity index (χ3v) is 7.11. The van der Waals surface area contributed by atoms with Crippen molar-refractivity contribution >= 4 is 28.5 Å². The molecule has 3 heterocycles. The van der Waals surface area contributed by atoms with E-state index >= 15 is 0 Å². The third-order valence-electron chi connectivity index (χ3n) is 5.49. The Bertz CT molecular complexity index is 1300. The Morgan fingerprint density at radius 2 is 1.97 bits per heavy atom. The summed E-state index contributed by atoms with van der Waals surface area (Å²) in [6.45, 7) is -1.26. The zero-order valence-electron chi connectivity index (χ0n) is 16.0. The van der Waals surface area contributed by atoms with Crippen LogP contribution in [-0.2, 0) is 19.0 Å². The van der Waals surface area contributed by atoms with E-state index in [1.54, 1.807) is 5.80 Å². The minimum absolute atomic E-state index is 0.0000776. The number of pyridine rings is 1. The Kier molecular flexibility index (Phi) is 4.99. The van der Waals surface area contributed by atoms with Gasteiger partial charge >= 0.3 is 11.9 Å². The van der Waals surface area contributed by atoms with Crippen LogP contribution in [0, 0.1) is 17.1 Å². The molecule has 4 rings (SSSR count). The molecule has 12 heteroatoms. The van der Waals surface area contributed by atoms with Crippen molar-refractivity contribution in [3.63, 3.8) is 0 Å². The van der Waals surface area contributed by atoms with Crippen molar-refractivity contribution in [2.75, 3.05) is 0 Å². The van der Waals surface area contributed by atoms with Crippen molar-refractivity contribution < 1.29 is 22.0 Å². The van der Waals surface area contributed by atoms with Crippen molar-refractivity contribution in [1.29, 1.82) is 5.26 Å². The molecule has 1 aliphatic carbocycles. The summed E-state index contributed by atoms with van der Waals surface area (Å²) in [4.78, 5) is 16.6. The van der Waals surface area contributed by atoms with Gasteiger partial charge in [0.2, 0.25) is 5.41 Å². The smallest absolute Gasteiger partial charge is 0.295 e. The summed E-state index contributed by atoms with van der Waals surface area (Å²) >= 11 is 0. The van der Waals surface area contributed by atoms with Crippen molar-refractivity contribution in [3.8, 4) is 17.1 Å². The molecule has 0 aromatic carbocycles. The fraction of sp³-hybridized carbons (Fsp3) is 0.368. The maximum Gasteiger partial charge on any atom is 0.427 e. The summed E-state index contributed by atoms with van der Waals surface area (Å²) in [5, 5.41) is 5.80. The van der Waals surface area contributed by atoms with Gasteiger partial charge < -0.3 is 0 Å². The molecule has 2 unspecified atom stereocenters. The van der Waals surface area contributed by atoms with Crippen LogP contribution in [-0.4, -0.2) is 25.7 Å². The van der Waals surface area contributed by atoms with Gasteiger partial charge in [-0.2, -0.15) is 18.4 Å². The number of aryl methyl sites for hydroxylation is 1. The standard InChI is InChI=1S/C19H15F5N4OP2/c1-27-13-5-12(15-11(20)4-10(7-31-15)17(8-25)2-3-17)26-6-14(13)28(16(27)29)9-18(21,30)19(22,23)24/h4-7H,2-3,9,30H2,1H3. The number of hydrogen-bond donors (Lipinski definition) is 0. The normalized spacial score (nSPS) is 17.6. The van der Waals surface area contributed by atoms with E-state index in [1.165, 1.54) is 19.2 Å². The molecular weight excluding hydrogens is 457 g/mol. The second kappa shape index (κ2) is 7.08. The quantitative estimate of drug-likeness (QED) is 0.406. The summed E-state index contributed by atoms with van der Waals surface area (Å²) in [6.07, 6.45) is -2.71. The lowest BCUT2D eigenvalue weighted by Gasteiger charge is -2.23. The summed E-state index contributed by atoms with van der Waals surface area (Å²) in [7, 11) is 2.90. The van der Waals surface area contributed by atoms with Gasteiger partial charge in [-0.15, -0.1) is 0 Å². The second-order valence-electron chi connectivity index (χ2n) is 7.59. The summed E-state index contributed by atoms with van der Waals surface area (Å²) in [5.74, 6) is 1.17. The highest BCUT2D eigenvalue weighted by Gasteiger charge is 2.53. The molecule has 0 N–H and O–H groups in total. The fourth-order valence-corrected chi connectivity index (χ4v) is 4.60. The Morgan fingerprint density at radius 3 is 2.52 bits per heavy atom. The van der Waals surface area contributed by atoms with Gasteiger partial charge in [-0.1, -0.05) is 17.4 Å². The molecule has 0 amide bonds. The number of nitriles is 1. The summed E-state index contributed by atoms with van der Waals surface area (Å²) in [5.41, 5.74) is -0.481. The SMILES string of the molecule is Cn1c(=O)n(CC(F)(P)C(F)(F)F)c2cnc(-c3pcc(C4(C#N)CC4)cc3F)cc21. The molecule has 0 saturated heterocycles. The minimum atomic E-state index is -5.19. The molecule has 3 aromatic heterocycles. The van der Waals surface area contributed by atoms with E-state index in [-0.39, 0.29) is 22.0 Å². The maximum atomic E-state index is 14.8. The van der Waals surface area contributed by atoms with Crippen LogP contribution in [0.3, 0.4) is 0 Å². The maximum absolute atomic E-state index is 14.8. The van der Waals surface area contributed by atoms with Gasteiger partial charge in [-0.25, -0.2) is 13.6 Å². The Hall–Kier alpha value is -2.36. The summed E-state index contributed by atoms with van der Waals surface area (Å²) in [6, 6.07) is 4.89. The minimum Gasteiger partial charge on any atom is -0.295 e. The first-order valence-corrected chi connectivity index (χ1v) is 10.6. The highest BCUT2D eigenvalue weighted by molar-refractivity contribution is 7.33. The van der Waals surface area contributed by atoms with Crippen molar-refractivity contribution in [2.45, 2.75) is 36.4 Å². The van der Waals surface area contributed by atoms with Crippen molar-refractivity contribution in [1.82, 2.24) is 14.1 Å². The second-order valence-corrected chi connectivity index (χ2v) is 9.47. The van der Waals surface area contributed by atoms with E-state index in [1.807, 2.05) is 0 Å². The van der Waals surface area contributed by atoms with Gasteiger partial charge in [0, 0.05) is 7.05 Å². The van der Waals surface area contributed by atoms with Crippen LogP contribution in [0.1, 0.15) is 18.4 Å². The first-order chi connectivity index (χ1) is 14.4. The van der Waals surface area contributed by atoms with E-state index in [0.717, 1.165) is 20.0 Å². The number of halogens is 5. The number of alkyl halides is 4. The lowest BCUT2D eigenvalue weighted by Crippen LogP contribution is -2.41. The molecule has 3 aromatic rings. The van der Waals surface area contributed by atoms with E-state index in [4.69, 9.17) is 0 Å². The molecule has 0 bridgehead atoms. The van der Waals surface area contributed by atoms with Crippen LogP contribution < -0.4 is 5.69 Å². The average molecular weight is 472 g/mol. The van der Waals surface area contributed by atoms with Crippen LogP contribution in [0.15, 0.2) is 28.9 Å². The highest BCUT2D eigenvalue weighted by Crippen LogP contribution is 2.49. The van der Waals surface area contributed by atoms with E-state index in [9.17, 15) is 32.0 Å².